The van der Waals surface area contributed by atoms with Gasteiger partial charge in [-0.3, -0.25) is 4.79 Å². The lowest BCUT2D eigenvalue weighted by molar-refractivity contribution is -0.129. The third kappa shape index (κ3) is 1.92. The normalized spacial score (nSPS) is 21.0. The summed E-state index contributed by atoms with van der Waals surface area (Å²) in [5.41, 5.74) is 2.18. The molecule has 1 heterocycles. The molecule has 22 heavy (non-hydrogen) atoms. The number of benzene rings is 3. The van der Waals surface area contributed by atoms with Crippen LogP contribution >= 0.6 is 0 Å². The summed E-state index contributed by atoms with van der Waals surface area (Å²) in [6.07, 6.45) is 0. The standard InChI is InChI=1S/C20H17NO/c1-14-19(16-8-3-2-4-9-16)21(20(14)22)18-12-11-15-7-5-6-10-17(15)13-18/h2-14,19H,1H3/t14-,19-/m0/s1. The van der Waals surface area contributed by atoms with Crippen molar-refractivity contribution in [1.82, 2.24) is 0 Å². The van der Waals surface area contributed by atoms with E-state index in [9.17, 15) is 4.79 Å². The Morgan fingerprint density at radius 1 is 0.818 bits per heavy atom. The van der Waals surface area contributed by atoms with Crippen LogP contribution in [0.1, 0.15) is 18.5 Å². The van der Waals surface area contributed by atoms with Gasteiger partial charge in [-0.15, -0.1) is 0 Å². The van der Waals surface area contributed by atoms with E-state index in [1.54, 1.807) is 0 Å². The Kier molecular flexibility index (Phi) is 2.97. The fraction of sp³-hybridized carbons (Fsp3) is 0.150. The first kappa shape index (κ1) is 13.1. The van der Waals surface area contributed by atoms with Gasteiger partial charge in [-0.05, 0) is 28.5 Å². The quantitative estimate of drug-likeness (QED) is 0.632. The number of rotatable bonds is 2. The van der Waals surface area contributed by atoms with Gasteiger partial charge in [0.05, 0.1) is 12.0 Å². The zero-order valence-corrected chi connectivity index (χ0v) is 12.4. The molecule has 3 aromatic rings. The maximum atomic E-state index is 12.4. The molecule has 0 saturated carbocycles. The van der Waals surface area contributed by atoms with Gasteiger partial charge in [0, 0.05) is 5.69 Å². The summed E-state index contributed by atoms with van der Waals surface area (Å²) < 4.78 is 0. The number of amides is 1. The summed E-state index contributed by atoms with van der Waals surface area (Å²) in [4.78, 5) is 14.3. The third-order valence-electron chi connectivity index (χ3n) is 4.53. The second-order valence-electron chi connectivity index (χ2n) is 5.88. The van der Waals surface area contributed by atoms with Crippen molar-refractivity contribution in [2.45, 2.75) is 13.0 Å². The second-order valence-corrected chi connectivity index (χ2v) is 5.88. The van der Waals surface area contributed by atoms with E-state index in [1.165, 1.54) is 16.3 Å². The van der Waals surface area contributed by atoms with E-state index in [-0.39, 0.29) is 17.9 Å². The predicted octanol–water partition coefficient (Wildman–Crippen LogP) is 4.56. The fourth-order valence-corrected chi connectivity index (χ4v) is 3.34. The van der Waals surface area contributed by atoms with Crippen LogP contribution in [-0.2, 0) is 4.79 Å². The highest BCUT2D eigenvalue weighted by Gasteiger charge is 2.45. The summed E-state index contributed by atoms with van der Waals surface area (Å²) in [6, 6.07) is 24.9. The summed E-state index contributed by atoms with van der Waals surface area (Å²) in [5, 5.41) is 2.36. The molecule has 0 spiro atoms. The van der Waals surface area contributed by atoms with Gasteiger partial charge in [-0.25, -0.2) is 0 Å². The van der Waals surface area contributed by atoms with Crippen molar-refractivity contribution in [3.05, 3.63) is 78.4 Å². The topological polar surface area (TPSA) is 20.3 Å². The summed E-state index contributed by atoms with van der Waals surface area (Å²) >= 11 is 0. The molecule has 2 heteroatoms. The molecule has 1 fully saturated rings. The minimum Gasteiger partial charge on any atom is -0.304 e. The van der Waals surface area contributed by atoms with Crippen LogP contribution in [0.4, 0.5) is 5.69 Å². The number of β-lactam (4-membered cyclic amide) rings is 1. The zero-order valence-electron chi connectivity index (χ0n) is 12.4. The molecule has 108 valence electrons. The van der Waals surface area contributed by atoms with E-state index in [4.69, 9.17) is 0 Å². The molecule has 1 saturated heterocycles. The summed E-state index contributed by atoms with van der Waals surface area (Å²) in [5.74, 6) is 0.234. The molecule has 4 rings (SSSR count). The van der Waals surface area contributed by atoms with Crippen molar-refractivity contribution in [2.24, 2.45) is 5.92 Å². The lowest BCUT2D eigenvalue weighted by atomic mass is 9.83. The molecule has 2 nitrogen and oxygen atoms in total. The van der Waals surface area contributed by atoms with Gasteiger partial charge in [-0.2, -0.15) is 0 Å². The van der Waals surface area contributed by atoms with Gasteiger partial charge in [0.2, 0.25) is 5.91 Å². The number of fused-ring (bicyclic) bond motifs is 1. The zero-order chi connectivity index (χ0) is 15.1. The van der Waals surface area contributed by atoms with E-state index in [0.717, 1.165) is 5.69 Å². The molecule has 0 aliphatic carbocycles. The second kappa shape index (κ2) is 4.99. The molecule has 0 aromatic heterocycles. The number of anilines is 1. The minimum atomic E-state index is 0.0360. The summed E-state index contributed by atoms with van der Waals surface area (Å²) in [6.45, 7) is 2.01. The van der Waals surface area contributed by atoms with Crippen LogP contribution in [0.15, 0.2) is 72.8 Å². The highest BCUT2D eigenvalue weighted by atomic mass is 16.2. The molecule has 1 aliphatic rings. The molecular weight excluding hydrogens is 270 g/mol. The molecule has 0 N–H and O–H groups in total. The average molecular weight is 287 g/mol. The van der Waals surface area contributed by atoms with Gasteiger partial charge < -0.3 is 4.90 Å². The van der Waals surface area contributed by atoms with Crippen molar-refractivity contribution in [3.8, 4) is 0 Å². The Balaban J connectivity index is 1.77. The predicted molar refractivity (Wildman–Crippen MR) is 89.8 cm³/mol. The number of hydrogen-bond donors (Lipinski definition) is 0. The molecule has 0 bridgehead atoms. The van der Waals surface area contributed by atoms with E-state index >= 15 is 0 Å². The Labute approximate surface area is 130 Å². The van der Waals surface area contributed by atoms with Crippen molar-refractivity contribution < 1.29 is 4.79 Å². The van der Waals surface area contributed by atoms with Crippen LogP contribution < -0.4 is 4.90 Å². The fourth-order valence-electron chi connectivity index (χ4n) is 3.34. The number of nitrogens with zero attached hydrogens (tertiary/aromatic N) is 1. The van der Waals surface area contributed by atoms with Crippen LogP contribution in [0.25, 0.3) is 10.8 Å². The first-order valence-electron chi connectivity index (χ1n) is 7.62. The van der Waals surface area contributed by atoms with Gasteiger partial charge >= 0.3 is 0 Å². The Morgan fingerprint density at radius 2 is 1.50 bits per heavy atom. The Hall–Kier alpha value is -2.61. The Morgan fingerprint density at radius 3 is 2.27 bits per heavy atom. The average Bonchev–Trinajstić information content (AvgIpc) is 2.59. The van der Waals surface area contributed by atoms with Gasteiger partial charge in [0.1, 0.15) is 0 Å². The van der Waals surface area contributed by atoms with Gasteiger partial charge in [-0.1, -0.05) is 67.6 Å². The molecule has 0 unspecified atom stereocenters. The van der Waals surface area contributed by atoms with Crippen LogP contribution in [0.5, 0.6) is 0 Å². The lowest BCUT2D eigenvalue weighted by Gasteiger charge is -2.46. The van der Waals surface area contributed by atoms with Crippen molar-refractivity contribution >= 4 is 22.4 Å². The van der Waals surface area contributed by atoms with Gasteiger partial charge in [0.15, 0.2) is 0 Å². The van der Waals surface area contributed by atoms with E-state index in [0.29, 0.717) is 0 Å². The van der Waals surface area contributed by atoms with Crippen LogP contribution in [-0.4, -0.2) is 5.91 Å². The largest absolute Gasteiger partial charge is 0.304 e. The molecule has 3 aromatic carbocycles. The van der Waals surface area contributed by atoms with Crippen LogP contribution in [0.3, 0.4) is 0 Å². The smallest absolute Gasteiger partial charge is 0.232 e. The maximum Gasteiger partial charge on any atom is 0.232 e. The van der Waals surface area contributed by atoms with E-state index in [1.807, 2.05) is 48.2 Å². The van der Waals surface area contributed by atoms with Crippen molar-refractivity contribution in [2.75, 3.05) is 4.90 Å². The molecule has 0 radical (unpaired) electrons. The SMILES string of the molecule is C[C@@H]1C(=O)N(c2ccc3ccccc3c2)[C@@H]1c1ccccc1. The Bertz CT molecular complexity index is 840. The lowest BCUT2D eigenvalue weighted by Crippen LogP contribution is -2.54. The molecular formula is C20H17NO. The highest BCUT2D eigenvalue weighted by molar-refractivity contribution is 6.04. The van der Waals surface area contributed by atoms with Crippen molar-refractivity contribution in [1.29, 1.82) is 0 Å². The van der Waals surface area contributed by atoms with E-state index in [2.05, 4.69) is 36.4 Å². The van der Waals surface area contributed by atoms with E-state index < -0.39 is 0 Å². The highest BCUT2D eigenvalue weighted by Crippen LogP contribution is 2.43. The van der Waals surface area contributed by atoms with Crippen LogP contribution in [0.2, 0.25) is 0 Å². The first-order chi connectivity index (χ1) is 10.8. The van der Waals surface area contributed by atoms with Crippen molar-refractivity contribution in [3.63, 3.8) is 0 Å². The maximum absolute atomic E-state index is 12.4. The molecule has 1 amide bonds. The minimum absolute atomic E-state index is 0.0360. The monoisotopic (exact) mass is 287 g/mol. The number of carbonyl (C=O) groups excluding carboxylic acids is 1. The molecule has 2 atom stereocenters. The number of hydrogen-bond acceptors (Lipinski definition) is 1. The summed E-state index contributed by atoms with van der Waals surface area (Å²) in [7, 11) is 0. The molecule has 1 aliphatic heterocycles. The van der Waals surface area contributed by atoms with Crippen LogP contribution in [0, 0.1) is 5.92 Å². The number of carbonyl (C=O) groups is 1. The third-order valence-corrected chi connectivity index (χ3v) is 4.53. The first-order valence-corrected chi connectivity index (χ1v) is 7.62. The van der Waals surface area contributed by atoms with Gasteiger partial charge in [0.25, 0.3) is 0 Å².